The van der Waals surface area contributed by atoms with Crippen molar-refractivity contribution in [1.29, 1.82) is 0 Å². The number of aryl methyl sites for hydroxylation is 1. The Labute approximate surface area is 137 Å². The molecule has 0 spiro atoms. The minimum Gasteiger partial charge on any atom is -0.388 e. The Morgan fingerprint density at radius 1 is 1.22 bits per heavy atom. The summed E-state index contributed by atoms with van der Waals surface area (Å²) in [5.74, 6) is 2.01. The molecule has 7 nitrogen and oxygen atoms in total. The Balaban J connectivity index is 1.75. The molecule has 0 saturated carbocycles. The van der Waals surface area contributed by atoms with Gasteiger partial charge in [0, 0.05) is 32.5 Å². The molecule has 1 aliphatic rings. The van der Waals surface area contributed by atoms with E-state index in [1.165, 1.54) is 19.3 Å². The molecule has 130 valence electrons. The van der Waals surface area contributed by atoms with Crippen molar-refractivity contribution >= 4 is 6.03 Å². The SMILES string of the molecule is CCC(O)(CC)CNC(=O)NCCc1nnc2n1CCCCC2. The number of carbonyl (C=O) groups excluding carboxylic acids is 1. The number of amides is 2. The average Bonchev–Trinajstić information content (AvgIpc) is 2.80. The molecule has 0 aromatic carbocycles. The standard InChI is InChI=1S/C16H29N5O2/c1-3-16(23,4-2)12-18-15(22)17-10-9-14-20-19-13-8-6-5-7-11-21(13)14/h23H,3-12H2,1-2H3,(H2,17,18,22). The first-order valence-electron chi connectivity index (χ1n) is 8.73. The van der Waals surface area contributed by atoms with E-state index in [0.717, 1.165) is 24.6 Å². The molecule has 0 aliphatic carbocycles. The lowest BCUT2D eigenvalue weighted by molar-refractivity contribution is 0.0349. The van der Waals surface area contributed by atoms with Gasteiger partial charge in [0.1, 0.15) is 11.6 Å². The van der Waals surface area contributed by atoms with E-state index >= 15 is 0 Å². The molecule has 23 heavy (non-hydrogen) atoms. The Morgan fingerprint density at radius 3 is 2.74 bits per heavy atom. The zero-order chi connectivity index (χ0) is 16.7. The van der Waals surface area contributed by atoms with Crippen molar-refractivity contribution in [3.8, 4) is 0 Å². The number of urea groups is 1. The molecular weight excluding hydrogens is 294 g/mol. The Kier molecular flexibility index (Phi) is 6.38. The van der Waals surface area contributed by atoms with Gasteiger partial charge in [-0.25, -0.2) is 4.79 Å². The molecule has 3 N–H and O–H groups in total. The fourth-order valence-electron chi connectivity index (χ4n) is 2.83. The predicted octanol–water partition coefficient (Wildman–Crippen LogP) is 1.40. The van der Waals surface area contributed by atoms with Crippen molar-refractivity contribution < 1.29 is 9.90 Å². The predicted molar refractivity (Wildman–Crippen MR) is 88.2 cm³/mol. The third kappa shape index (κ3) is 4.92. The quantitative estimate of drug-likeness (QED) is 0.707. The van der Waals surface area contributed by atoms with Gasteiger partial charge in [-0.15, -0.1) is 10.2 Å². The van der Waals surface area contributed by atoms with Crippen LogP contribution in [0.2, 0.25) is 0 Å². The molecule has 1 aromatic heterocycles. The molecule has 2 rings (SSSR count). The Morgan fingerprint density at radius 2 is 2.00 bits per heavy atom. The first-order chi connectivity index (χ1) is 11.1. The molecular formula is C16H29N5O2. The van der Waals surface area contributed by atoms with Gasteiger partial charge in [-0.1, -0.05) is 20.3 Å². The summed E-state index contributed by atoms with van der Waals surface area (Å²) >= 11 is 0. The van der Waals surface area contributed by atoms with Crippen LogP contribution >= 0.6 is 0 Å². The number of hydrogen-bond donors (Lipinski definition) is 3. The first kappa shape index (κ1) is 17.7. The molecule has 7 heteroatoms. The van der Waals surface area contributed by atoms with Crippen molar-refractivity contribution in [3.63, 3.8) is 0 Å². The van der Waals surface area contributed by atoms with Crippen LogP contribution in [0.3, 0.4) is 0 Å². The minimum absolute atomic E-state index is 0.249. The number of aromatic nitrogens is 3. The van der Waals surface area contributed by atoms with Gasteiger partial charge in [0.15, 0.2) is 0 Å². The van der Waals surface area contributed by atoms with Crippen LogP contribution in [0.15, 0.2) is 0 Å². The summed E-state index contributed by atoms with van der Waals surface area (Å²) in [4.78, 5) is 11.8. The smallest absolute Gasteiger partial charge is 0.314 e. The number of hydrogen-bond acceptors (Lipinski definition) is 4. The molecule has 1 aromatic rings. The summed E-state index contributed by atoms with van der Waals surface area (Å²) in [6.45, 7) is 5.59. The first-order valence-corrected chi connectivity index (χ1v) is 8.73. The van der Waals surface area contributed by atoms with Crippen molar-refractivity contribution in [2.24, 2.45) is 0 Å². The third-order valence-corrected chi connectivity index (χ3v) is 4.71. The third-order valence-electron chi connectivity index (χ3n) is 4.71. The van der Waals surface area contributed by atoms with Crippen molar-refractivity contribution in [3.05, 3.63) is 11.6 Å². The molecule has 0 fully saturated rings. The molecule has 0 atom stereocenters. The summed E-state index contributed by atoms with van der Waals surface area (Å²) in [6.07, 6.45) is 6.49. The number of carbonyl (C=O) groups is 1. The second-order valence-electron chi connectivity index (χ2n) is 6.29. The highest BCUT2D eigenvalue weighted by atomic mass is 16.3. The van der Waals surface area contributed by atoms with Crippen LogP contribution in [0.4, 0.5) is 4.79 Å². The lowest BCUT2D eigenvalue weighted by atomic mass is 9.98. The highest BCUT2D eigenvalue weighted by Crippen LogP contribution is 2.14. The van der Waals surface area contributed by atoms with Gasteiger partial charge in [0.2, 0.25) is 0 Å². The second kappa shape index (κ2) is 8.29. The van der Waals surface area contributed by atoms with Crippen LogP contribution < -0.4 is 10.6 Å². The fraction of sp³-hybridized carbons (Fsp3) is 0.812. The van der Waals surface area contributed by atoms with Crippen molar-refractivity contribution in [2.75, 3.05) is 13.1 Å². The number of fused-ring (bicyclic) bond motifs is 1. The summed E-state index contributed by atoms with van der Waals surface area (Å²) in [6, 6.07) is -0.249. The number of aliphatic hydroxyl groups is 1. The summed E-state index contributed by atoms with van der Waals surface area (Å²) < 4.78 is 2.19. The Hall–Kier alpha value is -1.63. The van der Waals surface area contributed by atoms with Crippen LogP contribution in [0.1, 0.15) is 57.6 Å². The fourth-order valence-corrected chi connectivity index (χ4v) is 2.83. The minimum atomic E-state index is -0.818. The normalized spacial score (nSPS) is 14.9. The van der Waals surface area contributed by atoms with Gasteiger partial charge in [0.05, 0.1) is 5.60 Å². The largest absolute Gasteiger partial charge is 0.388 e. The molecule has 0 saturated heterocycles. The van der Waals surface area contributed by atoms with Gasteiger partial charge < -0.3 is 20.3 Å². The van der Waals surface area contributed by atoms with Crippen LogP contribution in [0.25, 0.3) is 0 Å². The molecule has 2 heterocycles. The lowest BCUT2D eigenvalue weighted by Crippen LogP contribution is -2.46. The number of nitrogens with zero attached hydrogens (tertiary/aromatic N) is 3. The van der Waals surface area contributed by atoms with Gasteiger partial charge in [0.25, 0.3) is 0 Å². The molecule has 0 radical (unpaired) electrons. The van der Waals surface area contributed by atoms with E-state index in [-0.39, 0.29) is 12.6 Å². The highest BCUT2D eigenvalue weighted by Gasteiger charge is 2.22. The molecule has 1 aliphatic heterocycles. The summed E-state index contributed by atoms with van der Waals surface area (Å²) in [7, 11) is 0. The maximum Gasteiger partial charge on any atom is 0.314 e. The van der Waals surface area contributed by atoms with Crippen LogP contribution in [0, 0.1) is 0 Å². The van der Waals surface area contributed by atoms with Gasteiger partial charge in [-0.3, -0.25) is 0 Å². The number of rotatable bonds is 7. The van der Waals surface area contributed by atoms with Crippen LogP contribution in [-0.4, -0.2) is 44.6 Å². The van der Waals surface area contributed by atoms with Gasteiger partial charge in [-0.05, 0) is 25.7 Å². The van der Waals surface area contributed by atoms with Crippen LogP contribution in [0.5, 0.6) is 0 Å². The molecule has 0 unspecified atom stereocenters. The highest BCUT2D eigenvalue weighted by molar-refractivity contribution is 5.73. The monoisotopic (exact) mass is 323 g/mol. The van der Waals surface area contributed by atoms with E-state index < -0.39 is 5.60 Å². The van der Waals surface area contributed by atoms with Gasteiger partial charge >= 0.3 is 6.03 Å². The molecule has 2 amide bonds. The van der Waals surface area contributed by atoms with E-state index in [9.17, 15) is 9.90 Å². The summed E-state index contributed by atoms with van der Waals surface area (Å²) in [5, 5.41) is 24.2. The average molecular weight is 323 g/mol. The zero-order valence-corrected chi connectivity index (χ0v) is 14.3. The van der Waals surface area contributed by atoms with Crippen molar-refractivity contribution in [1.82, 2.24) is 25.4 Å². The van der Waals surface area contributed by atoms with Crippen molar-refractivity contribution in [2.45, 2.75) is 70.9 Å². The zero-order valence-electron chi connectivity index (χ0n) is 14.3. The number of nitrogens with one attached hydrogen (secondary N) is 2. The van der Waals surface area contributed by atoms with E-state index in [2.05, 4.69) is 25.4 Å². The van der Waals surface area contributed by atoms with E-state index in [1.54, 1.807) is 0 Å². The maximum atomic E-state index is 11.8. The molecule has 0 bridgehead atoms. The maximum absolute atomic E-state index is 11.8. The van der Waals surface area contributed by atoms with E-state index in [4.69, 9.17) is 0 Å². The topological polar surface area (TPSA) is 92.1 Å². The second-order valence-corrected chi connectivity index (χ2v) is 6.29. The summed E-state index contributed by atoms with van der Waals surface area (Å²) in [5.41, 5.74) is -0.818. The van der Waals surface area contributed by atoms with Gasteiger partial charge in [-0.2, -0.15) is 0 Å². The lowest BCUT2D eigenvalue weighted by Gasteiger charge is -2.25. The van der Waals surface area contributed by atoms with E-state index in [1.807, 2.05) is 13.8 Å². The van der Waals surface area contributed by atoms with E-state index in [0.29, 0.717) is 25.8 Å². The Bertz CT molecular complexity index is 511. The van der Waals surface area contributed by atoms with Crippen LogP contribution in [-0.2, 0) is 19.4 Å².